The number of carbonyl (C=O) groups excluding carboxylic acids is 3. The second kappa shape index (κ2) is 11.6. The van der Waals surface area contributed by atoms with Crippen LogP contribution in [0.15, 0.2) is 30.3 Å². The van der Waals surface area contributed by atoms with Crippen molar-refractivity contribution in [2.24, 2.45) is 11.8 Å². The molecule has 0 radical (unpaired) electrons. The SMILES string of the molecule is CC(C)[C@H](NCl)C(=O)N[C@H](C(=O)OC[C@@H](NC=O)c1ccccc1)C(C)C. The van der Waals surface area contributed by atoms with Crippen LogP contribution in [0.25, 0.3) is 0 Å². The van der Waals surface area contributed by atoms with Gasteiger partial charge in [-0.15, -0.1) is 0 Å². The second-order valence-electron chi connectivity index (χ2n) is 6.94. The Morgan fingerprint density at radius 1 is 1.07 bits per heavy atom. The van der Waals surface area contributed by atoms with Crippen LogP contribution in [0.2, 0.25) is 0 Å². The summed E-state index contributed by atoms with van der Waals surface area (Å²) >= 11 is 5.64. The first-order chi connectivity index (χ1) is 12.8. The van der Waals surface area contributed by atoms with Crippen molar-refractivity contribution in [3.05, 3.63) is 35.9 Å². The van der Waals surface area contributed by atoms with Gasteiger partial charge in [-0.3, -0.25) is 9.59 Å². The molecule has 0 aliphatic carbocycles. The highest BCUT2D eigenvalue weighted by molar-refractivity contribution is 6.15. The van der Waals surface area contributed by atoms with Gasteiger partial charge in [0, 0.05) is 0 Å². The van der Waals surface area contributed by atoms with Crippen LogP contribution in [0.5, 0.6) is 0 Å². The van der Waals surface area contributed by atoms with E-state index >= 15 is 0 Å². The Balaban J connectivity index is 2.77. The molecule has 0 aliphatic heterocycles. The molecule has 0 spiro atoms. The van der Waals surface area contributed by atoms with Gasteiger partial charge in [-0.1, -0.05) is 58.0 Å². The molecule has 1 aromatic rings. The number of hydrogen-bond donors (Lipinski definition) is 3. The molecule has 3 atom stereocenters. The lowest BCUT2D eigenvalue weighted by Gasteiger charge is -2.26. The fourth-order valence-electron chi connectivity index (χ4n) is 2.48. The van der Waals surface area contributed by atoms with Gasteiger partial charge in [0.05, 0.1) is 6.04 Å². The van der Waals surface area contributed by atoms with Gasteiger partial charge in [0.25, 0.3) is 0 Å². The maximum Gasteiger partial charge on any atom is 0.328 e. The summed E-state index contributed by atoms with van der Waals surface area (Å²) < 4.78 is 5.38. The molecule has 3 N–H and O–H groups in total. The summed E-state index contributed by atoms with van der Waals surface area (Å²) in [5.41, 5.74) is 0.814. The van der Waals surface area contributed by atoms with E-state index in [0.717, 1.165) is 5.56 Å². The highest BCUT2D eigenvalue weighted by Gasteiger charge is 2.30. The van der Waals surface area contributed by atoms with Gasteiger partial charge in [0.15, 0.2) is 0 Å². The minimum atomic E-state index is -0.823. The number of benzene rings is 1. The lowest BCUT2D eigenvalue weighted by Crippen LogP contribution is -2.52. The summed E-state index contributed by atoms with van der Waals surface area (Å²) in [7, 11) is 0. The average Bonchev–Trinajstić information content (AvgIpc) is 2.63. The molecule has 0 heterocycles. The lowest BCUT2D eigenvalue weighted by molar-refractivity contribution is -0.150. The molecule has 0 aliphatic rings. The number of ether oxygens (including phenoxy) is 1. The van der Waals surface area contributed by atoms with Crippen molar-refractivity contribution in [2.75, 3.05) is 6.61 Å². The van der Waals surface area contributed by atoms with Crippen LogP contribution >= 0.6 is 11.8 Å². The van der Waals surface area contributed by atoms with E-state index in [9.17, 15) is 14.4 Å². The van der Waals surface area contributed by atoms with E-state index in [1.807, 2.05) is 58.0 Å². The van der Waals surface area contributed by atoms with Crippen molar-refractivity contribution in [3.63, 3.8) is 0 Å². The van der Waals surface area contributed by atoms with Gasteiger partial charge < -0.3 is 15.4 Å². The van der Waals surface area contributed by atoms with Crippen LogP contribution in [-0.2, 0) is 19.1 Å². The largest absolute Gasteiger partial charge is 0.462 e. The van der Waals surface area contributed by atoms with Crippen LogP contribution in [-0.4, -0.2) is 37.0 Å². The first-order valence-corrected chi connectivity index (χ1v) is 9.27. The van der Waals surface area contributed by atoms with Gasteiger partial charge in [0.2, 0.25) is 12.3 Å². The predicted octanol–water partition coefficient (Wildman–Crippen LogP) is 1.93. The second-order valence-corrected chi connectivity index (χ2v) is 7.16. The molecule has 0 saturated heterocycles. The Labute approximate surface area is 165 Å². The summed E-state index contributed by atoms with van der Waals surface area (Å²) in [5.74, 6) is -1.17. The first kappa shape index (κ1) is 22.9. The number of rotatable bonds is 11. The smallest absolute Gasteiger partial charge is 0.328 e. The number of esters is 1. The highest BCUT2D eigenvalue weighted by Crippen LogP contribution is 2.14. The highest BCUT2D eigenvalue weighted by atomic mass is 35.5. The van der Waals surface area contributed by atoms with E-state index in [0.29, 0.717) is 6.41 Å². The van der Waals surface area contributed by atoms with Crippen molar-refractivity contribution < 1.29 is 19.1 Å². The van der Waals surface area contributed by atoms with Crippen molar-refractivity contribution in [2.45, 2.75) is 45.8 Å². The molecule has 7 nitrogen and oxygen atoms in total. The van der Waals surface area contributed by atoms with Crippen molar-refractivity contribution >= 4 is 30.1 Å². The third-order valence-corrected chi connectivity index (χ3v) is 4.38. The zero-order chi connectivity index (χ0) is 20.4. The number of carbonyl (C=O) groups is 3. The minimum Gasteiger partial charge on any atom is -0.462 e. The number of halogens is 1. The van der Waals surface area contributed by atoms with Crippen LogP contribution in [0.4, 0.5) is 0 Å². The third-order valence-electron chi connectivity index (χ3n) is 4.15. The predicted molar refractivity (Wildman–Crippen MR) is 104 cm³/mol. The van der Waals surface area contributed by atoms with Crippen LogP contribution < -0.4 is 15.5 Å². The molecule has 0 bridgehead atoms. The average molecular weight is 398 g/mol. The Morgan fingerprint density at radius 2 is 1.67 bits per heavy atom. The molecule has 2 amide bonds. The lowest BCUT2D eigenvalue weighted by atomic mass is 10.0. The maximum atomic E-state index is 12.5. The first-order valence-electron chi connectivity index (χ1n) is 8.89. The Bertz CT molecular complexity index is 610. The normalized spacial score (nSPS) is 14.3. The quantitative estimate of drug-likeness (QED) is 0.301. The summed E-state index contributed by atoms with van der Waals surface area (Å²) in [4.78, 5) is 38.2. The fraction of sp³-hybridized carbons (Fsp3) is 0.526. The molecule has 0 fully saturated rings. The Morgan fingerprint density at radius 3 is 2.15 bits per heavy atom. The molecule has 0 saturated carbocycles. The molecule has 27 heavy (non-hydrogen) atoms. The van der Waals surface area contributed by atoms with Gasteiger partial charge >= 0.3 is 5.97 Å². The van der Waals surface area contributed by atoms with E-state index in [1.165, 1.54) is 0 Å². The van der Waals surface area contributed by atoms with Crippen molar-refractivity contribution in [1.82, 2.24) is 15.5 Å². The molecule has 0 aromatic heterocycles. The van der Waals surface area contributed by atoms with Crippen LogP contribution in [0, 0.1) is 11.8 Å². The van der Waals surface area contributed by atoms with Crippen LogP contribution in [0.3, 0.4) is 0 Å². The molecule has 8 heteroatoms. The fourth-order valence-corrected chi connectivity index (χ4v) is 2.83. The van der Waals surface area contributed by atoms with Gasteiger partial charge in [-0.2, -0.15) is 0 Å². The van der Waals surface area contributed by atoms with Gasteiger partial charge in [0.1, 0.15) is 18.7 Å². The van der Waals surface area contributed by atoms with E-state index in [-0.39, 0.29) is 24.3 Å². The topological polar surface area (TPSA) is 96.5 Å². The monoisotopic (exact) mass is 397 g/mol. The number of amides is 2. The van der Waals surface area contributed by atoms with E-state index < -0.39 is 24.1 Å². The molecule has 0 unspecified atom stereocenters. The molecule has 150 valence electrons. The molecule has 1 aromatic carbocycles. The van der Waals surface area contributed by atoms with Gasteiger partial charge in [-0.05, 0) is 29.2 Å². The summed E-state index contributed by atoms with van der Waals surface area (Å²) in [5, 5.41) is 5.33. The minimum absolute atomic E-state index is 0.0396. The molecular weight excluding hydrogens is 370 g/mol. The Kier molecular flexibility index (Phi) is 9.82. The van der Waals surface area contributed by atoms with Crippen LogP contribution in [0.1, 0.15) is 39.3 Å². The zero-order valence-electron chi connectivity index (χ0n) is 16.1. The zero-order valence-corrected chi connectivity index (χ0v) is 16.8. The summed E-state index contributed by atoms with van der Waals surface area (Å²) in [6, 6.07) is 7.26. The maximum absolute atomic E-state index is 12.5. The van der Waals surface area contributed by atoms with Crippen molar-refractivity contribution in [1.29, 1.82) is 0 Å². The summed E-state index contributed by atoms with van der Waals surface area (Å²) in [6.07, 6.45) is 0.562. The van der Waals surface area contributed by atoms with Crippen molar-refractivity contribution in [3.8, 4) is 0 Å². The number of hydrogen-bond acceptors (Lipinski definition) is 5. The van der Waals surface area contributed by atoms with Gasteiger partial charge in [-0.25, -0.2) is 9.63 Å². The standard InChI is InChI=1S/C19H28ClN3O4/c1-12(2)16(23-20)18(25)22-17(13(3)4)19(26)27-10-15(21-11-24)14-8-6-5-7-9-14/h5-9,11-13,15-17,23H,10H2,1-4H3,(H,21,24)(H,22,25)/t15-,16+,17+/m1/s1. The molecular formula is C19H28ClN3O4. The third kappa shape index (κ3) is 7.19. The summed E-state index contributed by atoms with van der Waals surface area (Å²) in [6.45, 7) is 7.27. The van der Waals surface area contributed by atoms with E-state index in [2.05, 4.69) is 15.5 Å². The Hall–Kier alpha value is -2.12. The van der Waals surface area contributed by atoms with E-state index in [1.54, 1.807) is 0 Å². The molecule has 1 rings (SSSR count). The van der Waals surface area contributed by atoms with E-state index in [4.69, 9.17) is 16.5 Å². The number of nitrogens with one attached hydrogen (secondary N) is 3.